The average molecular weight is 692 g/mol. The highest BCUT2D eigenvalue weighted by Crippen LogP contribution is 2.29. The second kappa shape index (κ2) is 12.9. The normalized spacial score (nSPS) is 14.9. The van der Waals surface area contributed by atoms with Crippen LogP contribution in [0.4, 0.5) is 17.3 Å². The third-order valence-corrected chi connectivity index (χ3v) is 7.69. The maximum atomic E-state index is 12.8. The molecule has 0 radical (unpaired) electrons. The Labute approximate surface area is 251 Å². The molecule has 0 bridgehead atoms. The molecule has 1 aromatic carbocycles. The lowest BCUT2D eigenvalue weighted by Gasteiger charge is -2.26. The second-order valence-electron chi connectivity index (χ2n) is 9.38. The van der Waals surface area contributed by atoms with E-state index in [0.717, 1.165) is 36.0 Å². The number of halogens is 2. The molecule has 1 aliphatic heterocycles. The van der Waals surface area contributed by atoms with Crippen molar-refractivity contribution in [2.75, 3.05) is 47.2 Å². The number of aryl methyl sites for hydroxylation is 1. The number of rotatable bonds is 11. The molecule has 0 aliphatic carbocycles. The van der Waals surface area contributed by atoms with Crippen molar-refractivity contribution in [1.29, 1.82) is 0 Å². The maximum absolute atomic E-state index is 12.8. The molecule has 2 N–H and O–H groups in total. The Morgan fingerprint density at radius 3 is 2.83 bits per heavy atom. The van der Waals surface area contributed by atoms with Gasteiger partial charge in [0.2, 0.25) is 5.91 Å². The van der Waals surface area contributed by atoms with Crippen molar-refractivity contribution in [2.45, 2.75) is 18.9 Å². The van der Waals surface area contributed by atoms with Crippen LogP contribution in [0.3, 0.4) is 0 Å². The number of ether oxygens (including phenoxy) is 2. The third kappa shape index (κ3) is 6.45. The molecule has 13 nitrogen and oxygen atoms in total. The molecule has 1 aliphatic rings. The maximum Gasteiger partial charge on any atom is 0.316 e. The van der Waals surface area contributed by atoms with E-state index in [-0.39, 0.29) is 59.6 Å². The van der Waals surface area contributed by atoms with Crippen LogP contribution in [0.2, 0.25) is 0 Å². The summed E-state index contributed by atoms with van der Waals surface area (Å²) in [6.07, 6.45) is 3.28. The van der Waals surface area contributed by atoms with E-state index in [1.165, 1.54) is 10.9 Å². The fourth-order valence-electron chi connectivity index (χ4n) is 4.76. The summed E-state index contributed by atoms with van der Waals surface area (Å²) in [5.41, 5.74) is 1.22. The van der Waals surface area contributed by atoms with Gasteiger partial charge >= 0.3 is 5.97 Å². The van der Waals surface area contributed by atoms with Gasteiger partial charge in [-0.05, 0) is 37.1 Å². The van der Waals surface area contributed by atoms with Crippen LogP contribution in [0.25, 0.3) is 16.7 Å². The number of carbonyl (C=O) groups excluding carboxylic acids is 2. The van der Waals surface area contributed by atoms with E-state index >= 15 is 0 Å². The van der Waals surface area contributed by atoms with E-state index in [9.17, 15) is 14.4 Å². The monoisotopic (exact) mass is 690 g/mol. The largest absolute Gasteiger partial charge is 0.486 e. The van der Waals surface area contributed by atoms with E-state index in [4.69, 9.17) is 14.5 Å². The fraction of sp³-hybridized carbons (Fsp3) is 0.385. The van der Waals surface area contributed by atoms with Crippen LogP contribution in [0, 0.1) is 0 Å². The van der Waals surface area contributed by atoms with E-state index in [0.29, 0.717) is 17.4 Å². The molecule has 1 fully saturated rings. The number of hydrogen-bond acceptors (Lipinski definition) is 10. The number of fused-ring (bicyclic) bond motifs is 2. The SMILES string of the molecule is Cn1c(=O)c(OCCNC(=O)CBr)cc2cc(Nc3cc(N4CCC[C@@H]4COC(=O)CBr)nc4ncnn34)ccc21. The third-order valence-electron chi connectivity index (χ3n) is 6.72. The lowest BCUT2D eigenvalue weighted by molar-refractivity contribution is -0.140. The summed E-state index contributed by atoms with van der Waals surface area (Å²) in [7, 11) is 1.69. The standard InChI is InChI=1S/C26H28Br2N8O5/c1-34-19-5-4-17(9-16(19)10-20(25(34)39)40-8-6-29-23(37)12-27)32-22-11-21(33-26-30-15-31-36(22)26)35-7-2-3-18(35)14-41-24(38)13-28/h4-5,9-11,15,18,32H,2-3,6-8,12-14H2,1H3,(H,29,37)/t18-/m1/s1. The molecule has 216 valence electrons. The number of nitrogens with one attached hydrogen (secondary N) is 2. The Balaban J connectivity index is 1.40. The first-order valence-corrected chi connectivity index (χ1v) is 15.2. The second-order valence-corrected chi connectivity index (χ2v) is 10.5. The van der Waals surface area contributed by atoms with Crippen LogP contribution in [0.15, 0.2) is 41.5 Å². The zero-order valence-corrected chi connectivity index (χ0v) is 25.4. The highest BCUT2D eigenvalue weighted by Gasteiger charge is 2.28. The highest BCUT2D eigenvalue weighted by molar-refractivity contribution is 9.09. The van der Waals surface area contributed by atoms with Crippen LogP contribution in [-0.4, -0.2) is 79.0 Å². The van der Waals surface area contributed by atoms with Crippen molar-refractivity contribution in [2.24, 2.45) is 7.05 Å². The smallest absolute Gasteiger partial charge is 0.316 e. The number of nitrogens with zero attached hydrogens (tertiary/aromatic N) is 6. The summed E-state index contributed by atoms with van der Waals surface area (Å²) >= 11 is 6.22. The lowest BCUT2D eigenvalue weighted by Crippen LogP contribution is -2.34. The van der Waals surface area contributed by atoms with Crippen LogP contribution in [-0.2, 0) is 21.4 Å². The number of alkyl halides is 2. The molecule has 4 aromatic rings. The summed E-state index contributed by atoms with van der Waals surface area (Å²) in [6, 6.07) is 9.24. The number of esters is 1. The Morgan fingerprint density at radius 1 is 1.17 bits per heavy atom. The number of hydrogen-bond donors (Lipinski definition) is 2. The van der Waals surface area contributed by atoms with Gasteiger partial charge in [0.05, 0.1) is 23.4 Å². The summed E-state index contributed by atoms with van der Waals surface area (Å²) in [5, 5.41) is 11.6. The Bertz CT molecular complexity index is 1640. The van der Waals surface area contributed by atoms with Gasteiger partial charge in [-0.15, -0.1) is 0 Å². The topological polar surface area (TPSA) is 145 Å². The summed E-state index contributed by atoms with van der Waals surface area (Å²) in [4.78, 5) is 47.0. The Kier molecular flexibility index (Phi) is 9.03. The minimum Gasteiger partial charge on any atom is -0.486 e. The number of carbonyl (C=O) groups is 2. The Hall–Kier alpha value is -3.72. The number of pyridine rings is 1. The van der Waals surface area contributed by atoms with Crippen LogP contribution in [0.1, 0.15) is 12.8 Å². The van der Waals surface area contributed by atoms with E-state index < -0.39 is 0 Å². The Morgan fingerprint density at radius 2 is 2.02 bits per heavy atom. The van der Waals surface area contributed by atoms with Crippen LogP contribution >= 0.6 is 31.9 Å². The lowest BCUT2D eigenvalue weighted by atomic mass is 10.2. The quantitative estimate of drug-likeness (QED) is 0.137. The molecule has 0 spiro atoms. The minimum absolute atomic E-state index is 0.0110. The molecule has 15 heteroatoms. The van der Waals surface area contributed by atoms with Crippen LogP contribution < -0.4 is 25.8 Å². The zero-order valence-electron chi connectivity index (χ0n) is 22.2. The molecule has 1 atom stereocenters. The molecule has 1 saturated heterocycles. The van der Waals surface area contributed by atoms with E-state index in [1.54, 1.807) is 17.6 Å². The van der Waals surface area contributed by atoms with E-state index in [1.807, 2.05) is 24.3 Å². The van der Waals surface area contributed by atoms with Crippen molar-refractivity contribution in [3.05, 3.63) is 47.0 Å². The molecule has 0 saturated carbocycles. The molecular formula is C26H28Br2N8O5. The summed E-state index contributed by atoms with van der Waals surface area (Å²) < 4.78 is 14.2. The number of aromatic nitrogens is 5. The van der Waals surface area contributed by atoms with Gasteiger partial charge in [0.1, 0.15) is 36.5 Å². The first kappa shape index (κ1) is 28.8. The van der Waals surface area contributed by atoms with Crippen molar-refractivity contribution >= 4 is 77.7 Å². The van der Waals surface area contributed by atoms with E-state index in [2.05, 4.69) is 57.5 Å². The van der Waals surface area contributed by atoms with Gasteiger partial charge in [-0.3, -0.25) is 14.4 Å². The summed E-state index contributed by atoms with van der Waals surface area (Å²) in [6.45, 7) is 1.50. The molecular weight excluding hydrogens is 664 g/mol. The van der Waals surface area contributed by atoms with Gasteiger partial charge in [-0.1, -0.05) is 31.9 Å². The average Bonchev–Trinajstić information content (AvgIpc) is 3.66. The van der Waals surface area contributed by atoms with Gasteiger partial charge in [-0.2, -0.15) is 19.6 Å². The fourth-order valence-corrected chi connectivity index (χ4v) is 5.12. The number of benzene rings is 1. The molecule has 3 aromatic heterocycles. The van der Waals surface area contributed by atoms with Crippen LogP contribution in [0.5, 0.6) is 5.75 Å². The van der Waals surface area contributed by atoms with Gasteiger partial charge in [0, 0.05) is 30.7 Å². The highest BCUT2D eigenvalue weighted by atomic mass is 79.9. The molecule has 0 unspecified atom stereocenters. The van der Waals surface area contributed by atoms with Gasteiger partial charge < -0.3 is 29.6 Å². The number of amides is 1. The molecule has 5 rings (SSSR count). The van der Waals surface area contributed by atoms with Crippen molar-refractivity contribution in [3.63, 3.8) is 0 Å². The van der Waals surface area contributed by atoms with Crippen molar-refractivity contribution < 1.29 is 19.1 Å². The zero-order chi connectivity index (χ0) is 28.9. The molecule has 41 heavy (non-hydrogen) atoms. The molecule has 1 amide bonds. The first-order chi connectivity index (χ1) is 19.9. The predicted molar refractivity (Wildman–Crippen MR) is 161 cm³/mol. The molecule has 4 heterocycles. The van der Waals surface area contributed by atoms with Crippen molar-refractivity contribution in [1.82, 2.24) is 29.5 Å². The summed E-state index contributed by atoms with van der Waals surface area (Å²) in [5.74, 6) is 1.51. The van der Waals surface area contributed by atoms with Crippen molar-refractivity contribution in [3.8, 4) is 5.75 Å². The van der Waals surface area contributed by atoms with Gasteiger partial charge in [0.15, 0.2) is 5.75 Å². The number of anilines is 3. The predicted octanol–water partition coefficient (Wildman–Crippen LogP) is 2.52. The first-order valence-electron chi connectivity index (χ1n) is 12.9. The van der Waals surface area contributed by atoms with Gasteiger partial charge in [0.25, 0.3) is 11.3 Å². The minimum atomic E-state index is -0.302. The van der Waals surface area contributed by atoms with Gasteiger partial charge in [-0.25, -0.2) is 0 Å².